The molecule has 1 fully saturated rings. The van der Waals surface area contributed by atoms with Gasteiger partial charge in [0, 0.05) is 34.5 Å². The van der Waals surface area contributed by atoms with Crippen LogP contribution in [0.25, 0.3) is 0 Å². The smallest absolute Gasteiger partial charge is 0.319 e. The van der Waals surface area contributed by atoms with Crippen molar-refractivity contribution < 1.29 is 13.5 Å². The molecular formula is C20H14N10O3S2. The van der Waals surface area contributed by atoms with Crippen LogP contribution < -0.4 is 15.1 Å². The van der Waals surface area contributed by atoms with Gasteiger partial charge >= 0.3 is 6.01 Å². The summed E-state index contributed by atoms with van der Waals surface area (Å²) in [6, 6.07) is 7.28. The third-order valence-corrected chi connectivity index (χ3v) is 7.04. The molecule has 1 aliphatic heterocycles. The predicted octanol–water partition coefficient (Wildman–Crippen LogP) is 3.64. The van der Waals surface area contributed by atoms with Crippen molar-refractivity contribution in [3.8, 4) is 0 Å². The van der Waals surface area contributed by atoms with Gasteiger partial charge in [0.25, 0.3) is 0 Å². The summed E-state index contributed by atoms with van der Waals surface area (Å²) in [5.41, 5.74) is 0.846. The number of hydrazine groups is 2. The molecule has 7 rings (SSSR count). The minimum absolute atomic E-state index is 0.268. The molecule has 15 heteroatoms. The van der Waals surface area contributed by atoms with Crippen LogP contribution in [0.3, 0.4) is 0 Å². The van der Waals surface area contributed by atoms with Gasteiger partial charge in [0.1, 0.15) is 24.3 Å². The number of H-pyrrole nitrogens is 1. The number of anilines is 3. The average molecular weight is 507 g/mol. The highest BCUT2D eigenvalue weighted by Gasteiger charge is 2.66. The van der Waals surface area contributed by atoms with Gasteiger partial charge in [0.15, 0.2) is 11.8 Å². The number of thiazole rings is 1. The maximum Gasteiger partial charge on any atom is 0.319 e. The lowest BCUT2D eigenvalue weighted by Gasteiger charge is -2.37. The summed E-state index contributed by atoms with van der Waals surface area (Å²) in [5.74, 6) is 0.462. The van der Waals surface area contributed by atoms with E-state index in [0.717, 1.165) is 11.4 Å². The van der Waals surface area contributed by atoms with Crippen LogP contribution in [0.1, 0.15) is 23.1 Å². The van der Waals surface area contributed by atoms with Gasteiger partial charge in [-0.25, -0.2) is 15.0 Å². The molecule has 2 unspecified atom stereocenters. The molecule has 1 saturated heterocycles. The molecule has 0 bridgehead atoms. The van der Waals surface area contributed by atoms with Crippen molar-refractivity contribution in [1.29, 1.82) is 0 Å². The van der Waals surface area contributed by atoms with Gasteiger partial charge in [-0.3, -0.25) is 0 Å². The summed E-state index contributed by atoms with van der Waals surface area (Å²) >= 11 is 2.80. The van der Waals surface area contributed by atoms with E-state index in [-0.39, 0.29) is 6.01 Å². The zero-order chi connectivity index (χ0) is 23.2. The van der Waals surface area contributed by atoms with Crippen molar-refractivity contribution in [2.45, 2.75) is 11.6 Å². The second-order valence-electron chi connectivity index (χ2n) is 7.40. The molecular weight excluding hydrogens is 492 g/mol. The Labute approximate surface area is 204 Å². The van der Waals surface area contributed by atoms with Gasteiger partial charge in [0.05, 0.1) is 17.6 Å². The average Bonchev–Trinajstić information content (AvgIpc) is 3.71. The zero-order valence-corrected chi connectivity index (χ0v) is 19.2. The second-order valence-corrected chi connectivity index (χ2v) is 8.94. The normalized spacial score (nSPS) is 20.2. The van der Waals surface area contributed by atoms with Crippen molar-refractivity contribution in [1.82, 2.24) is 34.9 Å². The van der Waals surface area contributed by atoms with E-state index < -0.39 is 11.6 Å². The predicted molar refractivity (Wildman–Crippen MR) is 123 cm³/mol. The summed E-state index contributed by atoms with van der Waals surface area (Å²) in [4.78, 5) is 12.5. The highest BCUT2D eigenvalue weighted by molar-refractivity contribution is 7.13. The van der Waals surface area contributed by atoms with Crippen LogP contribution in [0.15, 0.2) is 85.9 Å². The maximum atomic E-state index is 5.89. The third kappa shape index (κ3) is 2.79. The highest BCUT2D eigenvalue weighted by atomic mass is 32.1. The SMILES string of the molecule is c1c[nH]c(C2(c3conn3)C(c3ccsn3)N(c3nccs3)N(c3ccon3)N2c2ncco2)c1. The highest BCUT2D eigenvalue weighted by Crippen LogP contribution is 2.57. The monoisotopic (exact) mass is 506 g/mol. The Morgan fingerprint density at radius 3 is 2.71 bits per heavy atom. The van der Waals surface area contributed by atoms with Crippen molar-refractivity contribution in [3.05, 3.63) is 89.5 Å². The van der Waals surface area contributed by atoms with Crippen LogP contribution in [-0.4, -0.2) is 34.9 Å². The molecule has 13 nitrogen and oxygen atoms in total. The summed E-state index contributed by atoms with van der Waals surface area (Å²) in [5, 5.41) is 22.5. The van der Waals surface area contributed by atoms with Crippen molar-refractivity contribution in [2.24, 2.45) is 0 Å². The number of hydrogen-bond acceptors (Lipinski definition) is 14. The Hall–Kier alpha value is -4.50. The molecule has 35 heavy (non-hydrogen) atoms. The molecule has 6 aromatic heterocycles. The minimum atomic E-state index is -1.16. The fourth-order valence-electron chi connectivity index (χ4n) is 4.49. The quantitative estimate of drug-likeness (QED) is 0.352. The Morgan fingerprint density at radius 2 is 2.06 bits per heavy atom. The summed E-state index contributed by atoms with van der Waals surface area (Å²) < 4.78 is 21.2. The third-order valence-electron chi connectivity index (χ3n) is 5.71. The Morgan fingerprint density at radius 1 is 1.06 bits per heavy atom. The number of aromatic nitrogens is 7. The number of aromatic amines is 1. The van der Waals surface area contributed by atoms with E-state index in [1.54, 1.807) is 23.6 Å². The first kappa shape index (κ1) is 19.9. The van der Waals surface area contributed by atoms with Gasteiger partial charge in [0.2, 0.25) is 10.9 Å². The first-order valence-corrected chi connectivity index (χ1v) is 12.0. The Kier molecular flexibility index (Phi) is 4.43. The fraction of sp³-hybridized carbons (Fsp3) is 0.100. The van der Waals surface area contributed by atoms with E-state index in [1.807, 2.05) is 45.2 Å². The fourth-order valence-corrected chi connectivity index (χ4v) is 5.69. The lowest BCUT2D eigenvalue weighted by molar-refractivity contribution is 0.392. The van der Waals surface area contributed by atoms with E-state index in [2.05, 4.69) is 30.5 Å². The van der Waals surface area contributed by atoms with E-state index in [9.17, 15) is 0 Å². The van der Waals surface area contributed by atoms with E-state index in [0.29, 0.717) is 16.6 Å². The number of oxazole rings is 1. The molecule has 0 aliphatic carbocycles. The standard InChI is InChI=1S/C20H14N10O3S2/c1-2-14(21-5-1)20(15-12-33-27-24-15)17(13-4-10-35-26-13)28(19-23-7-11-34-19)30(16-3-8-32-25-16)29(20)18-22-6-9-31-18/h1-12,17,21H. The summed E-state index contributed by atoms with van der Waals surface area (Å²) in [7, 11) is 0. The van der Waals surface area contributed by atoms with E-state index in [4.69, 9.17) is 17.8 Å². The Bertz CT molecular complexity index is 1350. The molecule has 0 radical (unpaired) electrons. The van der Waals surface area contributed by atoms with Crippen LogP contribution in [0.5, 0.6) is 0 Å². The van der Waals surface area contributed by atoms with E-state index >= 15 is 0 Å². The lowest BCUT2D eigenvalue weighted by Crippen LogP contribution is -2.52. The molecule has 0 amide bonds. The van der Waals surface area contributed by atoms with Crippen molar-refractivity contribution >= 4 is 39.8 Å². The number of hydrogen-bond donors (Lipinski definition) is 1. The number of nitrogens with one attached hydrogen (secondary N) is 1. The second kappa shape index (κ2) is 7.78. The number of nitrogens with zero attached hydrogens (tertiary/aromatic N) is 9. The molecule has 0 aromatic carbocycles. The maximum absolute atomic E-state index is 5.89. The van der Waals surface area contributed by atoms with Gasteiger partial charge in [-0.15, -0.1) is 16.4 Å². The van der Waals surface area contributed by atoms with Gasteiger partial charge in [-0.05, 0) is 29.7 Å². The topological polar surface area (TPSA) is 142 Å². The molecule has 0 spiro atoms. The molecule has 1 N–H and O–H groups in total. The summed E-state index contributed by atoms with van der Waals surface area (Å²) in [6.07, 6.45) is 9.64. The molecule has 6 aromatic rings. The first-order chi connectivity index (χ1) is 17.4. The zero-order valence-electron chi connectivity index (χ0n) is 17.6. The van der Waals surface area contributed by atoms with Crippen LogP contribution >= 0.6 is 22.9 Å². The Balaban J connectivity index is 1.63. The van der Waals surface area contributed by atoms with Crippen LogP contribution in [0, 0.1) is 0 Å². The van der Waals surface area contributed by atoms with Crippen LogP contribution in [-0.2, 0) is 5.54 Å². The molecule has 174 valence electrons. The van der Waals surface area contributed by atoms with Gasteiger partial charge < -0.3 is 18.4 Å². The lowest BCUT2D eigenvalue weighted by atomic mass is 9.81. The number of rotatable bonds is 6. The summed E-state index contributed by atoms with van der Waals surface area (Å²) in [6.45, 7) is 0. The first-order valence-electron chi connectivity index (χ1n) is 10.3. The van der Waals surface area contributed by atoms with Gasteiger partial charge in [-0.2, -0.15) is 14.5 Å². The van der Waals surface area contributed by atoms with Crippen molar-refractivity contribution in [3.63, 3.8) is 0 Å². The molecule has 7 heterocycles. The van der Waals surface area contributed by atoms with E-state index in [1.165, 1.54) is 41.7 Å². The van der Waals surface area contributed by atoms with Crippen LogP contribution in [0.4, 0.5) is 17.0 Å². The van der Waals surface area contributed by atoms with Crippen molar-refractivity contribution in [2.75, 3.05) is 15.1 Å². The minimum Gasteiger partial charge on any atom is -0.431 e. The van der Waals surface area contributed by atoms with Crippen LogP contribution in [0.2, 0.25) is 0 Å². The molecule has 1 aliphatic rings. The molecule has 2 atom stereocenters. The molecule has 0 saturated carbocycles. The largest absolute Gasteiger partial charge is 0.431 e. The van der Waals surface area contributed by atoms with Gasteiger partial charge in [-0.1, -0.05) is 5.16 Å².